The highest BCUT2D eigenvalue weighted by molar-refractivity contribution is 5.92. The van der Waals surface area contributed by atoms with Crippen molar-refractivity contribution in [1.29, 1.82) is 0 Å². The van der Waals surface area contributed by atoms with Crippen molar-refractivity contribution in [1.82, 2.24) is 9.97 Å². The molecule has 1 heterocycles. The second-order valence-electron chi connectivity index (χ2n) is 6.07. The molecule has 21 heavy (non-hydrogen) atoms. The number of benzene rings is 1. The van der Waals surface area contributed by atoms with Gasteiger partial charge in [-0.2, -0.15) is 0 Å². The van der Waals surface area contributed by atoms with Gasteiger partial charge in [-0.3, -0.25) is 4.79 Å². The van der Waals surface area contributed by atoms with Crippen LogP contribution in [0, 0.1) is 17.8 Å². The molecule has 106 valence electrons. The first-order chi connectivity index (χ1) is 10.3. The highest BCUT2D eigenvalue weighted by atomic mass is 16.1. The van der Waals surface area contributed by atoms with E-state index in [4.69, 9.17) is 0 Å². The van der Waals surface area contributed by atoms with E-state index in [-0.39, 0.29) is 11.8 Å². The van der Waals surface area contributed by atoms with Crippen molar-refractivity contribution >= 4 is 11.6 Å². The number of anilines is 1. The Balaban J connectivity index is 1.43. The summed E-state index contributed by atoms with van der Waals surface area (Å²) < 4.78 is 0. The minimum Gasteiger partial charge on any atom is -0.323 e. The van der Waals surface area contributed by atoms with E-state index in [9.17, 15) is 4.79 Å². The minimum absolute atomic E-state index is 0.123. The van der Waals surface area contributed by atoms with E-state index in [1.54, 1.807) is 12.4 Å². The number of carbonyl (C=O) groups is 1. The zero-order chi connectivity index (χ0) is 14.2. The molecule has 1 aromatic carbocycles. The van der Waals surface area contributed by atoms with E-state index in [2.05, 4.69) is 15.3 Å². The van der Waals surface area contributed by atoms with Crippen molar-refractivity contribution in [3.05, 3.63) is 42.7 Å². The molecule has 2 unspecified atom stereocenters. The molecule has 1 amide bonds. The molecule has 0 saturated heterocycles. The van der Waals surface area contributed by atoms with Gasteiger partial charge in [0, 0.05) is 11.5 Å². The standard InChI is InChI=1S/C17H17N3O/c21-17(14-7-12-6-13(12)8-14)20-15-9-18-16(19-10-15)11-4-2-1-3-5-11/h1-5,9-10,12-14H,6-8H2,(H,20,21). The second kappa shape index (κ2) is 4.95. The van der Waals surface area contributed by atoms with E-state index >= 15 is 0 Å². The van der Waals surface area contributed by atoms with Crippen LogP contribution in [0.15, 0.2) is 42.7 Å². The molecule has 2 aliphatic rings. The molecule has 1 N–H and O–H groups in total. The highest BCUT2D eigenvalue weighted by Crippen LogP contribution is 2.54. The first-order valence-electron chi connectivity index (χ1n) is 7.48. The van der Waals surface area contributed by atoms with Crippen LogP contribution in [0.1, 0.15) is 19.3 Å². The Morgan fingerprint density at radius 3 is 2.33 bits per heavy atom. The maximum Gasteiger partial charge on any atom is 0.227 e. The summed E-state index contributed by atoms with van der Waals surface area (Å²) in [6.07, 6.45) is 6.81. The number of nitrogens with zero attached hydrogens (tertiary/aromatic N) is 2. The number of amides is 1. The monoisotopic (exact) mass is 279 g/mol. The quantitative estimate of drug-likeness (QED) is 0.939. The molecule has 2 aliphatic carbocycles. The summed E-state index contributed by atoms with van der Waals surface area (Å²) in [5.74, 6) is 2.62. The van der Waals surface area contributed by atoms with Gasteiger partial charge >= 0.3 is 0 Å². The molecule has 2 aromatic rings. The Hall–Kier alpha value is -2.23. The highest BCUT2D eigenvalue weighted by Gasteiger charge is 2.47. The Morgan fingerprint density at radius 2 is 1.67 bits per heavy atom. The molecule has 1 aromatic heterocycles. The third-order valence-corrected chi connectivity index (χ3v) is 4.57. The van der Waals surface area contributed by atoms with Crippen LogP contribution in [0.2, 0.25) is 0 Å². The van der Waals surface area contributed by atoms with Crippen molar-refractivity contribution < 1.29 is 4.79 Å². The third-order valence-electron chi connectivity index (χ3n) is 4.57. The third kappa shape index (κ3) is 2.53. The fourth-order valence-electron chi connectivity index (χ4n) is 3.30. The number of nitrogens with one attached hydrogen (secondary N) is 1. The molecule has 0 spiro atoms. The summed E-state index contributed by atoms with van der Waals surface area (Å²) in [6.45, 7) is 0. The number of carbonyl (C=O) groups excluding carboxylic acids is 1. The average Bonchev–Trinajstić information content (AvgIpc) is 3.15. The van der Waals surface area contributed by atoms with Crippen LogP contribution in [-0.4, -0.2) is 15.9 Å². The number of rotatable bonds is 3. The van der Waals surface area contributed by atoms with Crippen molar-refractivity contribution in [2.24, 2.45) is 17.8 Å². The van der Waals surface area contributed by atoms with Crippen LogP contribution in [0.3, 0.4) is 0 Å². The fraction of sp³-hybridized carbons (Fsp3) is 0.353. The lowest BCUT2D eigenvalue weighted by molar-refractivity contribution is -0.120. The van der Waals surface area contributed by atoms with Crippen molar-refractivity contribution in [2.75, 3.05) is 5.32 Å². The SMILES string of the molecule is O=C(Nc1cnc(-c2ccccc2)nc1)C1CC2CC2C1. The average molecular weight is 279 g/mol. The largest absolute Gasteiger partial charge is 0.323 e. The molecular formula is C17H17N3O. The second-order valence-corrected chi connectivity index (χ2v) is 6.07. The summed E-state index contributed by atoms with van der Waals surface area (Å²) in [6, 6.07) is 9.82. The summed E-state index contributed by atoms with van der Waals surface area (Å²) in [7, 11) is 0. The van der Waals surface area contributed by atoms with Gasteiger partial charge < -0.3 is 5.32 Å². The van der Waals surface area contributed by atoms with Gasteiger partial charge in [-0.1, -0.05) is 30.3 Å². The zero-order valence-electron chi connectivity index (χ0n) is 11.7. The zero-order valence-corrected chi connectivity index (χ0v) is 11.7. The first kappa shape index (κ1) is 12.5. The molecular weight excluding hydrogens is 262 g/mol. The summed E-state index contributed by atoms with van der Waals surface area (Å²) in [5.41, 5.74) is 1.66. The molecule has 0 radical (unpaired) electrons. The maximum atomic E-state index is 12.2. The van der Waals surface area contributed by atoms with E-state index in [0.717, 1.165) is 30.2 Å². The van der Waals surface area contributed by atoms with E-state index in [1.165, 1.54) is 6.42 Å². The molecule has 0 bridgehead atoms. The normalized spacial score (nSPS) is 26.2. The maximum absolute atomic E-state index is 12.2. The van der Waals surface area contributed by atoms with E-state index < -0.39 is 0 Å². The smallest absolute Gasteiger partial charge is 0.227 e. The molecule has 2 fully saturated rings. The Bertz CT molecular complexity index is 643. The molecule has 4 rings (SSSR count). The van der Waals surface area contributed by atoms with Crippen LogP contribution >= 0.6 is 0 Å². The van der Waals surface area contributed by atoms with Crippen molar-refractivity contribution in [2.45, 2.75) is 19.3 Å². The van der Waals surface area contributed by atoms with Gasteiger partial charge in [-0.15, -0.1) is 0 Å². The topological polar surface area (TPSA) is 54.9 Å². The number of hydrogen-bond donors (Lipinski definition) is 1. The van der Waals surface area contributed by atoms with Crippen LogP contribution in [0.25, 0.3) is 11.4 Å². The van der Waals surface area contributed by atoms with Crippen LogP contribution in [-0.2, 0) is 4.79 Å². The van der Waals surface area contributed by atoms with Crippen molar-refractivity contribution in [3.63, 3.8) is 0 Å². The Kier molecular flexibility index (Phi) is 2.95. The van der Waals surface area contributed by atoms with Crippen LogP contribution < -0.4 is 5.32 Å². The number of aromatic nitrogens is 2. The predicted molar refractivity (Wildman–Crippen MR) is 80.4 cm³/mol. The van der Waals surface area contributed by atoms with Gasteiger partial charge in [0.05, 0.1) is 18.1 Å². The summed E-state index contributed by atoms with van der Waals surface area (Å²) >= 11 is 0. The van der Waals surface area contributed by atoms with Crippen molar-refractivity contribution in [3.8, 4) is 11.4 Å². The Labute approximate surface area is 123 Å². The first-order valence-corrected chi connectivity index (χ1v) is 7.48. The van der Waals surface area contributed by atoms with Gasteiger partial charge in [-0.05, 0) is 31.1 Å². The van der Waals surface area contributed by atoms with Gasteiger partial charge in [0.15, 0.2) is 5.82 Å². The van der Waals surface area contributed by atoms with Gasteiger partial charge in [-0.25, -0.2) is 9.97 Å². The van der Waals surface area contributed by atoms with Crippen LogP contribution in [0.5, 0.6) is 0 Å². The Morgan fingerprint density at radius 1 is 1.00 bits per heavy atom. The van der Waals surface area contributed by atoms with Gasteiger partial charge in [0.25, 0.3) is 0 Å². The lowest BCUT2D eigenvalue weighted by atomic mass is 10.0. The summed E-state index contributed by atoms with van der Waals surface area (Å²) in [4.78, 5) is 20.8. The number of hydrogen-bond acceptors (Lipinski definition) is 3. The lowest BCUT2D eigenvalue weighted by Gasteiger charge is -2.12. The molecule has 4 heteroatoms. The lowest BCUT2D eigenvalue weighted by Crippen LogP contribution is -2.21. The minimum atomic E-state index is 0.123. The molecule has 0 aliphatic heterocycles. The van der Waals surface area contributed by atoms with Gasteiger partial charge in [0.2, 0.25) is 5.91 Å². The molecule has 2 saturated carbocycles. The molecule has 2 atom stereocenters. The van der Waals surface area contributed by atoms with E-state index in [1.807, 2.05) is 30.3 Å². The number of fused-ring (bicyclic) bond motifs is 1. The van der Waals surface area contributed by atoms with E-state index in [0.29, 0.717) is 11.5 Å². The summed E-state index contributed by atoms with van der Waals surface area (Å²) in [5, 5.41) is 2.94. The predicted octanol–water partition coefficient (Wildman–Crippen LogP) is 3.13. The van der Waals surface area contributed by atoms with Gasteiger partial charge in [0.1, 0.15) is 0 Å². The molecule has 4 nitrogen and oxygen atoms in total. The van der Waals surface area contributed by atoms with Crippen LogP contribution in [0.4, 0.5) is 5.69 Å². The fourth-order valence-corrected chi connectivity index (χ4v) is 3.30.